The lowest BCUT2D eigenvalue weighted by molar-refractivity contribution is 0.0635. The van der Waals surface area contributed by atoms with Crippen LogP contribution < -0.4 is 10.6 Å². The second-order valence-electron chi connectivity index (χ2n) is 8.81. The summed E-state index contributed by atoms with van der Waals surface area (Å²) < 4.78 is 5.29. The van der Waals surface area contributed by atoms with Crippen molar-refractivity contribution in [1.82, 2.24) is 15.2 Å². The topological polar surface area (TPSA) is 83.6 Å². The SMILES string of the molecule is CC(C)(C)OC(=O)Nc1cscc1CC(=O)c1ccc(CNCCN2CCCC2)cn1. The third-order valence-electron chi connectivity index (χ3n) is 4.97. The van der Waals surface area contributed by atoms with Crippen molar-refractivity contribution in [2.75, 3.05) is 31.5 Å². The molecule has 7 nitrogen and oxygen atoms in total. The summed E-state index contributed by atoms with van der Waals surface area (Å²) in [5.74, 6) is -0.0841. The molecule has 1 fully saturated rings. The number of carbonyl (C=O) groups excluding carboxylic acids is 2. The van der Waals surface area contributed by atoms with Gasteiger partial charge < -0.3 is 15.0 Å². The van der Waals surface area contributed by atoms with E-state index in [1.54, 1.807) is 17.6 Å². The van der Waals surface area contributed by atoms with Gasteiger partial charge in [0.25, 0.3) is 0 Å². The number of pyridine rings is 1. The molecule has 3 heterocycles. The highest BCUT2D eigenvalue weighted by molar-refractivity contribution is 7.08. The van der Waals surface area contributed by atoms with Gasteiger partial charge in [-0.05, 0) is 69.3 Å². The van der Waals surface area contributed by atoms with Crippen LogP contribution in [0.4, 0.5) is 10.5 Å². The molecule has 168 valence electrons. The van der Waals surface area contributed by atoms with Crippen LogP contribution in [-0.2, 0) is 17.7 Å². The lowest BCUT2D eigenvalue weighted by atomic mass is 10.1. The van der Waals surface area contributed by atoms with Crippen LogP contribution in [-0.4, -0.2) is 53.5 Å². The van der Waals surface area contributed by atoms with Gasteiger partial charge in [0.05, 0.1) is 5.69 Å². The van der Waals surface area contributed by atoms with Gasteiger partial charge in [0.1, 0.15) is 11.3 Å². The normalized spacial score (nSPS) is 14.5. The molecule has 0 unspecified atom stereocenters. The predicted octanol–water partition coefficient (Wildman–Crippen LogP) is 4.10. The molecule has 0 aliphatic carbocycles. The largest absolute Gasteiger partial charge is 0.444 e. The molecular formula is C23H32N4O3S. The second-order valence-corrected chi connectivity index (χ2v) is 9.56. The standard InChI is InChI=1S/C23H32N4O3S/c1-23(2,3)30-22(29)26-20-16-31-15-18(20)12-21(28)19-7-6-17(14-25-19)13-24-8-11-27-9-4-5-10-27/h6-7,14-16,24H,4-5,8-13H2,1-3H3,(H,26,29). The maximum Gasteiger partial charge on any atom is 0.412 e. The first-order chi connectivity index (χ1) is 14.8. The van der Waals surface area contributed by atoms with Gasteiger partial charge in [-0.15, -0.1) is 11.3 Å². The van der Waals surface area contributed by atoms with Crippen molar-refractivity contribution in [1.29, 1.82) is 0 Å². The van der Waals surface area contributed by atoms with Crippen molar-refractivity contribution in [3.8, 4) is 0 Å². The number of hydrogen-bond donors (Lipinski definition) is 2. The van der Waals surface area contributed by atoms with E-state index in [1.165, 1.54) is 37.3 Å². The molecule has 0 atom stereocenters. The summed E-state index contributed by atoms with van der Waals surface area (Å²) >= 11 is 1.43. The number of carbonyl (C=O) groups is 2. The minimum atomic E-state index is -0.579. The van der Waals surface area contributed by atoms with Crippen LogP contribution in [0.5, 0.6) is 0 Å². The molecule has 2 aromatic heterocycles. The average Bonchev–Trinajstić information content (AvgIpc) is 3.37. The number of rotatable bonds is 9. The highest BCUT2D eigenvalue weighted by atomic mass is 32.1. The van der Waals surface area contributed by atoms with E-state index in [0.717, 1.165) is 30.8 Å². The molecule has 31 heavy (non-hydrogen) atoms. The van der Waals surface area contributed by atoms with E-state index >= 15 is 0 Å². The fourth-order valence-electron chi connectivity index (χ4n) is 3.42. The molecule has 1 aliphatic rings. The monoisotopic (exact) mass is 444 g/mol. The molecule has 2 aromatic rings. The molecule has 1 aliphatic heterocycles. The fraction of sp³-hybridized carbons (Fsp3) is 0.522. The number of likely N-dealkylation sites (tertiary alicyclic amines) is 1. The minimum Gasteiger partial charge on any atom is -0.444 e. The maximum atomic E-state index is 12.7. The van der Waals surface area contributed by atoms with Gasteiger partial charge in [-0.2, -0.15) is 0 Å². The summed E-state index contributed by atoms with van der Waals surface area (Å²) in [5, 5.41) is 9.83. The number of ether oxygens (including phenoxy) is 1. The molecule has 3 rings (SSSR count). The van der Waals surface area contributed by atoms with Gasteiger partial charge in [-0.3, -0.25) is 15.1 Å². The van der Waals surface area contributed by atoms with Crippen LogP contribution in [0.15, 0.2) is 29.1 Å². The lowest BCUT2D eigenvalue weighted by Crippen LogP contribution is -2.29. The van der Waals surface area contributed by atoms with E-state index in [-0.39, 0.29) is 12.2 Å². The summed E-state index contributed by atoms with van der Waals surface area (Å²) in [4.78, 5) is 31.5. The summed E-state index contributed by atoms with van der Waals surface area (Å²) in [7, 11) is 0. The van der Waals surface area contributed by atoms with Crippen LogP contribution in [0, 0.1) is 0 Å². The fourth-order valence-corrected chi connectivity index (χ4v) is 4.21. The van der Waals surface area contributed by atoms with Gasteiger partial charge >= 0.3 is 6.09 Å². The van der Waals surface area contributed by atoms with E-state index in [1.807, 2.05) is 32.2 Å². The number of nitrogens with one attached hydrogen (secondary N) is 2. The molecule has 0 radical (unpaired) electrons. The number of nitrogens with zero attached hydrogens (tertiary/aromatic N) is 2. The van der Waals surface area contributed by atoms with E-state index in [0.29, 0.717) is 11.4 Å². The summed E-state index contributed by atoms with van der Waals surface area (Å²) in [6.45, 7) is 10.6. The number of thiophene rings is 1. The Morgan fingerprint density at radius 1 is 1.19 bits per heavy atom. The number of anilines is 1. The van der Waals surface area contributed by atoms with Crippen LogP contribution in [0.3, 0.4) is 0 Å². The minimum absolute atomic E-state index is 0.0841. The Labute approximate surface area is 188 Å². The Hall–Kier alpha value is -2.29. The molecule has 2 N–H and O–H groups in total. The van der Waals surface area contributed by atoms with E-state index in [4.69, 9.17) is 4.74 Å². The second kappa shape index (κ2) is 10.8. The van der Waals surface area contributed by atoms with E-state index in [9.17, 15) is 9.59 Å². The van der Waals surface area contributed by atoms with Crippen LogP contribution in [0.1, 0.15) is 55.2 Å². The van der Waals surface area contributed by atoms with Crippen molar-refractivity contribution >= 4 is 28.9 Å². The van der Waals surface area contributed by atoms with Gasteiger partial charge in [0, 0.05) is 37.6 Å². The zero-order chi connectivity index (χ0) is 22.3. The molecule has 8 heteroatoms. The molecule has 1 saturated heterocycles. The van der Waals surface area contributed by atoms with Crippen molar-refractivity contribution in [2.45, 2.75) is 52.2 Å². The van der Waals surface area contributed by atoms with E-state index in [2.05, 4.69) is 20.5 Å². The number of hydrogen-bond acceptors (Lipinski definition) is 7. The first-order valence-corrected chi connectivity index (χ1v) is 11.7. The molecule has 0 spiro atoms. The van der Waals surface area contributed by atoms with Gasteiger partial charge in [0.15, 0.2) is 5.78 Å². The van der Waals surface area contributed by atoms with Crippen molar-refractivity contribution < 1.29 is 14.3 Å². The first-order valence-electron chi connectivity index (χ1n) is 10.8. The highest BCUT2D eigenvalue weighted by Gasteiger charge is 2.19. The quantitative estimate of drug-likeness (QED) is 0.448. The third kappa shape index (κ3) is 7.72. The van der Waals surface area contributed by atoms with Gasteiger partial charge in [-0.25, -0.2) is 4.79 Å². The average molecular weight is 445 g/mol. The van der Waals surface area contributed by atoms with Crippen molar-refractivity contribution in [2.24, 2.45) is 0 Å². The van der Waals surface area contributed by atoms with Crippen LogP contribution in [0.25, 0.3) is 0 Å². The summed E-state index contributed by atoms with van der Waals surface area (Å²) in [6, 6.07) is 3.71. The Bertz CT molecular complexity index is 868. The number of amides is 1. The third-order valence-corrected chi connectivity index (χ3v) is 5.76. The summed E-state index contributed by atoms with van der Waals surface area (Å²) in [6.07, 6.45) is 4.02. The zero-order valence-electron chi connectivity index (χ0n) is 18.6. The lowest BCUT2D eigenvalue weighted by Gasteiger charge is -2.19. The molecule has 0 bridgehead atoms. The molecule has 0 aromatic carbocycles. The Morgan fingerprint density at radius 2 is 1.97 bits per heavy atom. The smallest absolute Gasteiger partial charge is 0.412 e. The Kier molecular flexibility index (Phi) is 8.17. The molecular weight excluding hydrogens is 412 g/mol. The van der Waals surface area contributed by atoms with E-state index < -0.39 is 11.7 Å². The number of Topliss-reactive ketones (excluding diaryl/α,β-unsaturated/α-hetero) is 1. The van der Waals surface area contributed by atoms with Gasteiger partial charge in [-0.1, -0.05) is 6.07 Å². The first kappa shape index (κ1) is 23.4. The number of aromatic nitrogens is 1. The van der Waals surface area contributed by atoms with Gasteiger partial charge in [0.2, 0.25) is 0 Å². The zero-order valence-corrected chi connectivity index (χ0v) is 19.4. The van der Waals surface area contributed by atoms with Crippen molar-refractivity contribution in [3.63, 3.8) is 0 Å². The molecule has 0 saturated carbocycles. The Balaban J connectivity index is 1.47. The van der Waals surface area contributed by atoms with Crippen molar-refractivity contribution in [3.05, 3.63) is 45.9 Å². The van der Waals surface area contributed by atoms with Crippen LogP contribution in [0.2, 0.25) is 0 Å². The maximum absolute atomic E-state index is 12.7. The highest BCUT2D eigenvalue weighted by Crippen LogP contribution is 2.23. The van der Waals surface area contributed by atoms with Crippen LogP contribution >= 0.6 is 11.3 Å². The molecule has 1 amide bonds. The number of ketones is 1. The Morgan fingerprint density at radius 3 is 2.65 bits per heavy atom. The predicted molar refractivity (Wildman–Crippen MR) is 124 cm³/mol. The summed E-state index contributed by atoms with van der Waals surface area (Å²) in [5.41, 5.74) is 2.27.